The fraction of sp³-hybridized carbons (Fsp3) is 0.192. The Balaban J connectivity index is 1.29. The number of benzene rings is 3. The number of ether oxygens (including phenoxy) is 2. The number of fused-ring (bicyclic) bond motifs is 3. The molecule has 3 N–H and O–H groups in total. The summed E-state index contributed by atoms with van der Waals surface area (Å²) < 4.78 is 10.5. The van der Waals surface area contributed by atoms with Crippen molar-refractivity contribution in [2.24, 2.45) is 0 Å². The van der Waals surface area contributed by atoms with Crippen LogP contribution in [0.2, 0.25) is 0 Å². The van der Waals surface area contributed by atoms with Crippen LogP contribution in [0.3, 0.4) is 0 Å². The number of amides is 2. The zero-order valence-corrected chi connectivity index (χ0v) is 18.5. The molecule has 0 aromatic heterocycles. The van der Waals surface area contributed by atoms with E-state index in [1.54, 1.807) is 31.2 Å². The van der Waals surface area contributed by atoms with Crippen molar-refractivity contribution in [3.8, 4) is 16.9 Å². The Morgan fingerprint density at radius 3 is 2.09 bits per heavy atom. The molecule has 3 aromatic rings. The van der Waals surface area contributed by atoms with Gasteiger partial charge in [-0.15, -0.1) is 0 Å². The molecule has 0 saturated carbocycles. The third-order valence-electron chi connectivity index (χ3n) is 5.56. The fourth-order valence-corrected chi connectivity index (χ4v) is 3.91. The molecule has 8 nitrogen and oxygen atoms in total. The van der Waals surface area contributed by atoms with Crippen molar-refractivity contribution in [2.75, 3.05) is 18.5 Å². The lowest BCUT2D eigenvalue weighted by Crippen LogP contribution is -2.42. The van der Waals surface area contributed by atoms with Crippen LogP contribution < -0.4 is 15.4 Å². The number of carboxylic acid groups (broad SMARTS) is 1. The minimum atomic E-state index is -1.08. The molecule has 1 atom stereocenters. The molecule has 0 bridgehead atoms. The lowest BCUT2D eigenvalue weighted by molar-refractivity contribution is -0.139. The van der Waals surface area contributed by atoms with Gasteiger partial charge < -0.3 is 25.2 Å². The summed E-state index contributed by atoms with van der Waals surface area (Å²) in [5.41, 5.74) is 4.98. The number of carboxylic acids is 1. The largest absolute Gasteiger partial charge is 0.482 e. The molecule has 0 unspecified atom stereocenters. The van der Waals surface area contributed by atoms with Gasteiger partial charge in [-0.1, -0.05) is 48.5 Å². The summed E-state index contributed by atoms with van der Waals surface area (Å²) in [7, 11) is 0. The standard InChI is InChI=1S/C26H24N2O6/c1-16(25(31)28-17-10-12-18(13-11-17)33-15-24(29)30)27-26(32)34-14-23-21-8-4-2-6-19(21)20-7-3-5-9-22(20)23/h2-13,16,23H,14-15H2,1H3,(H,27,32)(H,28,31)(H,29,30)/t16-/m1/s1. The second-order valence-electron chi connectivity index (χ2n) is 7.89. The van der Waals surface area contributed by atoms with Gasteiger partial charge in [-0.3, -0.25) is 4.79 Å². The molecule has 1 aliphatic carbocycles. The third kappa shape index (κ3) is 5.17. The molecule has 1 aliphatic rings. The lowest BCUT2D eigenvalue weighted by atomic mass is 9.98. The molecule has 0 heterocycles. The van der Waals surface area contributed by atoms with Crippen molar-refractivity contribution < 1.29 is 29.0 Å². The van der Waals surface area contributed by atoms with E-state index in [4.69, 9.17) is 14.6 Å². The van der Waals surface area contributed by atoms with Crippen LogP contribution in [0, 0.1) is 0 Å². The normalized spacial score (nSPS) is 12.7. The number of rotatable bonds is 8. The molecule has 0 fully saturated rings. The number of alkyl carbamates (subject to hydrolysis) is 1. The van der Waals surface area contributed by atoms with E-state index in [9.17, 15) is 14.4 Å². The van der Waals surface area contributed by atoms with E-state index >= 15 is 0 Å². The zero-order valence-electron chi connectivity index (χ0n) is 18.5. The highest BCUT2D eigenvalue weighted by molar-refractivity contribution is 5.96. The number of hydrogen-bond acceptors (Lipinski definition) is 5. The Hall–Kier alpha value is -4.33. The maximum absolute atomic E-state index is 12.4. The summed E-state index contributed by atoms with van der Waals surface area (Å²) in [6.07, 6.45) is -0.679. The fourth-order valence-electron chi connectivity index (χ4n) is 3.91. The molecular formula is C26H24N2O6. The number of aliphatic carboxylic acids is 1. The van der Waals surface area contributed by atoms with Crippen LogP contribution in [0.1, 0.15) is 24.0 Å². The van der Waals surface area contributed by atoms with Crippen LogP contribution >= 0.6 is 0 Å². The van der Waals surface area contributed by atoms with Gasteiger partial charge in [0.2, 0.25) is 5.91 Å². The van der Waals surface area contributed by atoms with Crippen molar-refractivity contribution >= 4 is 23.7 Å². The summed E-state index contributed by atoms with van der Waals surface area (Å²) in [4.78, 5) is 35.4. The summed E-state index contributed by atoms with van der Waals surface area (Å²) in [6.45, 7) is 1.26. The molecule has 0 radical (unpaired) electrons. The van der Waals surface area contributed by atoms with Crippen molar-refractivity contribution in [3.05, 3.63) is 83.9 Å². The van der Waals surface area contributed by atoms with Crippen LogP contribution in [0.4, 0.5) is 10.5 Å². The molecule has 3 aromatic carbocycles. The Morgan fingerprint density at radius 2 is 1.50 bits per heavy atom. The number of carbonyl (C=O) groups is 3. The van der Waals surface area contributed by atoms with E-state index in [-0.39, 0.29) is 12.5 Å². The smallest absolute Gasteiger partial charge is 0.407 e. The zero-order chi connectivity index (χ0) is 24.1. The van der Waals surface area contributed by atoms with Gasteiger partial charge >= 0.3 is 12.1 Å². The van der Waals surface area contributed by atoms with Gasteiger partial charge in [0.05, 0.1) is 0 Å². The summed E-state index contributed by atoms with van der Waals surface area (Å²) in [5.74, 6) is -1.20. The second-order valence-corrected chi connectivity index (χ2v) is 7.89. The number of anilines is 1. The topological polar surface area (TPSA) is 114 Å². The first-order valence-electron chi connectivity index (χ1n) is 10.8. The molecular weight excluding hydrogens is 436 g/mol. The van der Waals surface area contributed by atoms with E-state index < -0.39 is 30.6 Å². The predicted molar refractivity (Wildman–Crippen MR) is 126 cm³/mol. The summed E-state index contributed by atoms with van der Waals surface area (Å²) >= 11 is 0. The first kappa shape index (κ1) is 22.8. The highest BCUT2D eigenvalue weighted by Gasteiger charge is 2.29. The Bertz CT molecular complexity index is 1160. The Morgan fingerprint density at radius 1 is 0.912 bits per heavy atom. The van der Waals surface area contributed by atoms with Gasteiger partial charge in [-0.05, 0) is 53.4 Å². The molecule has 0 spiro atoms. The van der Waals surface area contributed by atoms with E-state index in [1.165, 1.54) is 0 Å². The van der Waals surface area contributed by atoms with E-state index in [2.05, 4.69) is 22.8 Å². The summed E-state index contributed by atoms with van der Waals surface area (Å²) in [5, 5.41) is 13.9. The van der Waals surface area contributed by atoms with Gasteiger partial charge in [-0.25, -0.2) is 9.59 Å². The molecule has 0 saturated heterocycles. The first-order chi connectivity index (χ1) is 16.4. The molecule has 2 amide bonds. The van der Waals surface area contributed by atoms with Crippen molar-refractivity contribution in [1.82, 2.24) is 5.32 Å². The quantitative estimate of drug-likeness (QED) is 0.468. The van der Waals surface area contributed by atoms with Crippen LogP contribution in [-0.4, -0.2) is 42.3 Å². The third-order valence-corrected chi connectivity index (χ3v) is 5.56. The van der Waals surface area contributed by atoms with Crippen molar-refractivity contribution in [2.45, 2.75) is 18.9 Å². The highest BCUT2D eigenvalue weighted by Crippen LogP contribution is 2.44. The first-order valence-corrected chi connectivity index (χ1v) is 10.8. The molecule has 34 heavy (non-hydrogen) atoms. The summed E-state index contributed by atoms with van der Waals surface area (Å²) in [6, 6.07) is 21.5. The van der Waals surface area contributed by atoms with Crippen LogP contribution in [0.25, 0.3) is 11.1 Å². The minimum absolute atomic E-state index is 0.0656. The van der Waals surface area contributed by atoms with Crippen LogP contribution in [0.5, 0.6) is 5.75 Å². The average Bonchev–Trinajstić information content (AvgIpc) is 3.16. The van der Waals surface area contributed by atoms with Gasteiger partial charge in [0.25, 0.3) is 0 Å². The maximum Gasteiger partial charge on any atom is 0.407 e. The molecule has 0 aliphatic heterocycles. The SMILES string of the molecule is C[C@@H](NC(=O)OCC1c2ccccc2-c2ccccc21)C(=O)Nc1ccc(OCC(=O)O)cc1. The molecule has 8 heteroatoms. The average molecular weight is 460 g/mol. The highest BCUT2D eigenvalue weighted by atomic mass is 16.5. The Kier molecular flexibility index (Phi) is 6.77. The number of carbonyl (C=O) groups excluding carboxylic acids is 2. The van der Waals surface area contributed by atoms with E-state index in [0.717, 1.165) is 22.3 Å². The minimum Gasteiger partial charge on any atom is -0.482 e. The molecule has 4 rings (SSSR count). The van der Waals surface area contributed by atoms with Gasteiger partial charge in [0.15, 0.2) is 6.61 Å². The second kappa shape index (κ2) is 10.1. The maximum atomic E-state index is 12.4. The van der Waals surface area contributed by atoms with Gasteiger partial charge in [0, 0.05) is 11.6 Å². The molecule has 174 valence electrons. The van der Waals surface area contributed by atoms with E-state index in [1.807, 2.05) is 36.4 Å². The van der Waals surface area contributed by atoms with Crippen LogP contribution in [-0.2, 0) is 14.3 Å². The number of hydrogen-bond donors (Lipinski definition) is 3. The van der Waals surface area contributed by atoms with Crippen molar-refractivity contribution in [3.63, 3.8) is 0 Å². The predicted octanol–water partition coefficient (Wildman–Crippen LogP) is 4.02. The Labute approximate surface area is 196 Å². The monoisotopic (exact) mass is 460 g/mol. The van der Waals surface area contributed by atoms with Crippen molar-refractivity contribution in [1.29, 1.82) is 0 Å². The van der Waals surface area contributed by atoms with E-state index in [0.29, 0.717) is 11.4 Å². The lowest BCUT2D eigenvalue weighted by Gasteiger charge is -2.17. The van der Waals surface area contributed by atoms with Gasteiger partial charge in [0.1, 0.15) is 18.4 Å². The van der Waals surface area contributed by atoms with Crippen LogP contribution in [0.15, 0.2) is 72.8 Å². The number of nitrogens with one attached hydrogen (secondary N) is 2. The van der Waals surface area contributed by atoms with Gasteiger partial charge in [-0.2, -0.15) is 0 Å².